The summed E-state index contributed by atoms with van der Waals surface area (Å²) in [4.78, 5) is 32.6. The van der Waals surface area contributed by atoms with Crippen LogP contribution in [0.4, 0.5) is 4.79 Å². The Morgan fingerprint density at radius 2 is 1.82 bits per heavy atom. The average molecular weight is 515 g/mol. The van der Waals surface area contributed by atoms with E-state index in [4.69, 9.17) is 4.74 Å². The van der Waals surface area contributed by atoms with Gasteiger partial charge in [0.2, 0.25) is 0 Å². The van der Waals surface area contributed by atoms with Crippen LogP contribution in [0, 0.1) is 5.41 Å². The maximum absolute atomic E-state index is 13.2. The number of nitrogens with zero attached hydrogens (tertiary/aromatic N) is 3. The molecule has 38 heavy (non-hydrogen) atoms. The van der Waals surface area contributed by atoms with Crippen molar-refractivity contribution in [2.45, 2.75) is 64.0 Å². The maximum atomic E-state index is 13.2. The molecule has 6 rings (SSSR count). The molecule has 8 nitrogen and oxygen atoms in total. The second-order valence-corrected chi connectivity index (χ2v) is 11.1. The lowest BCUT2D eigenvalue weighted by molar-refractivity contribution is -0.135. The van der Waals surface area contributed by atoms with Crippen LogP contribution in [-0.2, 0) is 31.0 Å². The molecular formula is C30H34N4O4. The van der Waals surface area contributed by atoms with Gasteiger partial charge in [-0.2, -0.15) is 0 Å². The fourth-order valence-corrected chi connectivity index (χ4v) is 6.49. The molecule has 2 aromatic carbocycles. The van der Waals surface area contributed by atoms with Gasteiger partial charge in [0, 0.05) is 36.7 Å². The highest BCUT2D eigenvalue weighted by molar-refractivity contribution is 5.74. The number of ether oxygens (including phenoxy) is 1. The molecular weight excluding hydrogens is 480 g/mol. The van der Waals surface area contributed by atoms with E-state index in [0.717, 1.165) is 36.8 Å². The Bertz CT molecular complexity index is 1380. The molecule has 2 amide bonds. The summed E-state index contributed by atoms with van der Waals surface area (Å²) < 4.78 is 7.02. The first-order valence-electron chi connectivity index (χ1n) is 13.5. The smallest absolute Gasteiger partial charge is 0.317 e. The van der Waals surface area contributed by atoms with E-state index in [1.54, 1.807) is 6.33 Å². The Balaban J connectivity index is 1.15. The average Bonchev–Trinajstić information content (AvgIpc) is 3.61. The van der Waals surface area contributed by atoms with Gasteiger partial charge in [-0.3, -0.25) is 9.36 Å². The molecule has 3 heterocycles. The first-order chi connectivity index (χ1) is 18.4. The van der Waals surface area contributed by atoms with Crippen molar-refractivity contribution in [3.63, 3.8) is 0 Å². The number of rotatable bonds is 5. The zero-order chi connectivity index (χ0) is 26.2. The minimum Gasteiger partial charge on any atom is -0.387 e. The SMILES string of the molecule is O=C(NCc1ccc2c(c1)COC2)N1CCC(O)(Cn2cnc(-c3ccccc3)cc2=O)C2(CCCC2)C1. The highest BCUT2D eigenvalue weighted by Crippen LogP contribution is 2.51. The number of fused-ring (bicyclic) bond motifs is 1. The van der Waals surface area contributed by atoms with Crippen LogP contribution in [0.15, 0.2) is 65.7 Å². The Morgan fingerprint density at radius 1 is 1.03 bits per heavy atom. The van der Waals surface area contributed by atoms with E-state index in [1.165, 1.54) is 21.8 Å². The number of carbonyl (C=O) groups excluding carboxylic acids is 1. The van der Waals surface area contributed by atoms with Crippen molar-refractivity contribution in [2.24, 2.45) is 5.41 Å². The highest BCUT2D eigenvalue weighted by atomic mass is 16.5. The largest absolute Gasteiger partial charge is 0.387 e. The predicted octanol–water partition coefficient (Wildman–Crippen LogP) is 3.85. The lowest BCUT2D eigenvalue weighted by atomic mass is 9.66. The van der Waals surface area contributed by atoms with E-state index in [1.807, 2.05) is 41.3 Å². The second-order valence-electron chi connectivity index (χ2n) is 11.1. The second kappa shape index (κ2) is 10.0. The van der Waals surface area contributed by atoms with Crippen LogP contribution in [0.3, 0.4) is 0 Å². The van der Waals surface area contributed by atoms with E-state index >= 15 is 0 Å². The molecule has 0 bridgehead atoms. The molecule has 2 N–H and O–H groups in total. The molecule has 2 fully saturated rings. The molecule has 1 aliphatic carbocycles. The van der Waals surface area contributed by atoms with Gasteiger partial charge in [-0.25, -0.2) is 9.78 Å². The molecule has 198 valence electrons. The minimum absolute atomic E-state index is 0.110. The van der Waals surface area contributed by atoms with Crippen LogP contribution in [0.5, 0.6) is 0 Å². The van der Waals surface area contributed by atoms with Crippen molar-refractivity contribution in [1.29, 1.82) is 0 Å². The third-order valence-corrected chi connectivity index (χ3v) is 8.73. The number of aliphatic hydroxyl groups is 1. The number of likely N-dealkylation sites (tertiary alicyclic amines) is 1. The number of benzene rings is 2. The van der Waals surface area contributed by atoms with Crippen molar-refractivity contribution in [2.75, 3.05) is 13.1 Å². The standard InChI is InChI=1S/C30H34N4O4/c35-27-15-26(23-6-2-1-3-7-23)32-21-34(27)20-30(37)12-13-33(19-29(30)10-4-5-11-29)28(36)31-16-22-8-9-24-17-38-18-25(24)14-22/h1-3,6-9,14-15,21,37H,4-5,10-13,16-20H2,(H,31,36). The minimum atomic E-state index is -1.08. The van der Waals surface area contributed by atoms with E-state index in [0.29, 0.717) is 45.0 Å². The van der Waals surface area contributed by atoms with Gasteiger partial charge in [-0.1, -0.05) is 61.4 Å². The molecule has 1 aromatic heterocycles. The summed E-state index contributed by atoms with van der Waals surface area (Å²) >= 11 is 0. The van der Waals surface area contributed by atoms with Crippen molar-refractivity contribution in [1.82, 2.24) is 19.8 Å². The number of carbonyl (C=O) groups is 1. The number of hydrogen-bond donors (Lipinski definition) is 2. The van der Waals surface area contributed by atoms with E-state index < -0.39 is 11.0 Å². The van der Waals surface area contributed by atoms with Gasteiger partial charge in [0.1, 0.15) is 0 Å². The van der Waals surface area contributed by atoms with Gasteiger partial charge in [0.15, 0.2) is 0 Å². The molecule has 1 unspecified atom stereocenters. The Hall–Kier alpha value is -3.49. The quantitative estimate of drug-likeness (QED) is 0.539. The number of aromatic nitrogens is 2. The molecule has 3 aliphatic rings. The molecule has 1 spiro atoms. The van der Waals surface area contributed by atoms with Gasteiger partial charge in [-0.05, 0) is 36.0 Å². The molecule has 0 radical (unpaired) electrons. The normalized spacial score (nSPS) is 22.0. The van der Waals surface area contributed by atoms with Crippen LogP contribution >= 0.6 is 0 Å². The number of nitrogens with one attached hydrogen (secondary N) is 1. The van der Waals surface area contributed by atoms with Crippen LogP contribution in [0.1, 0.15) is 48.8 Å². The summed E-state index contributed by atoms with van der Waals surface area (Å²) in [6.45, 7) is 2.83. The van der Waals surface area contributed by atoms with Gasteiger partial charge in [0.25, 0.3) is 5.56 Å². The molecule has 3 aromatic rings. The first kappa shape index (κ1) is 24.8. The van der Waals surface area contributed by atoms with Crippen molar-refractivity contribution in [3.05, 3.63) is 88.0 Å². The summed E-state index contributed by atoms with van der Waals surface area (Å²) in [7, 11) is 0. The van der Waals surface area contributed by atoms with E-state index in [-0.39, 0.29) is 18.1 Å². The number of hydrogen-bond acceptors (Lipinski definition) is 5. The van der Waals surface area contributed by atoms with Gasteiger partial charge < -0.3 is 20.1 Å². The highest BCUT2D eigenvalue weighted by Gasteiger charge is 2.55. The summed E-state index contributed by atoms with van der Waals surface area (Å²) in [6.07, 6.45) is 5.66. The molecule has 1 saturated carbocycles. The zero-order valence-corrected chi connectivity index (χ0v) is 21.6. The van der Waals surface area contributed by atoms with Gasteiger partial charge >= 0.3 is 6.03 Å². The van der Waals surface area contributed by atoms with Crippen molar-refractivity contribution < 1.29 is 14.6 Å². The summed E-state index contributed by atoms with van der Waals surface area (Å²) in [5, 5.41) is 15.1. The van der Waals surface area contributed by atoms with Crippen LogP contribution in [-0.4, -0.2) is 44.3 Å². The van der Waals surface area contributed by atoms with Crippen LogP contribution in [0.2, 0.25) is 0 Å². The number of piperidine rings is 1. The third-order valence-electron chi connectivity index (χ3n) is 8.73. The summed E-state index contributed by atoms with van der Waals surface area (Å²) in [5.41, 5.74) is 3.25. The third kappa shape index (κ3) is 4.63. The maximum Gasteiger partial charge on any atom is 0.317 e. The fraction of sp³-hybridized carbons (Fsp3) is 0.433. The number of amides is 2. The molecule has 1 atom stereocenters. The van der Waals surface area contributed by atoms with Crippen LogP contribution < -0.4 is 10.9 Å². The lowest BCUT2D eigenvalue weighted by Crippen LogP contribution is -2.63. The van der Waals surface area contributed by atoms with Gasteiger partial charge in [0.05, 0.1) is 37.4 Å². The Kier molecular flexibility index (Phi) is 6.53. The topological polar surface area (TPSA) is 96.7 Å². The summed E-state index contributed by atoms with van der Waals surface area (Å²) in [6, 6.07) is 17.2. The lowest BCUT2D eigenvalue weighted by Gasteiger charge is -2.52. The zero-order valence-electron chi connectivity index (χ0n) is 21.6. The Morgan fingerprint density at radius 3 is 2.61 bits per heavy atom. The van der Waals surface area contributed by atoms with Crippen molar-refractivity contribution in [3.8, 4) is 11.3 Å². The fourth-order valence-electron chi connectivity index (χ4n) is 6.49. The molecule has 1 saturated heterocycles. The Labute approximate surface area is 222 Å². The van der Waals surface area contributed by atoms with E-state index in [9.17, 15) is 14.7 Å². The summed E-state index contributed by atoms with van der Waals surface area (Å²) in [5.74, 6) is 0. The van der Waals surface area contributed by atoms with Gasteiger partial charge in [-0.15, -0.1) is 0 Å². The predicted molar refractivity (Wildman–Crippen MR) is 143 cm³/mol. The van der Waals surface area contributed by atoms with Crippen molar-refractivity contribution >= 4 is 6.03 Å². The monoisotopic (exact) mass is 514 g/mol. The van der Waals surface area contributed by atoms with E-state index in [2.05, 4.69) is 22.4 Å². The molecule has 8 heteroatoms. The number of urea groups is 1. The molecule has 2 aliphatic heterocycles. The van der Waals surface area contributed by atoms with Crippen LogP contribution in [0.25, 0.3) is 11.3 Å². The first-order valence-corrected chi connectivity index (χ1v) is 13.5.